The van der Waals surface area contributed by atoms with E-state index in [1.807, 2.05) is 0 Å². The predicted molar refractivity (Wildman–Crippen MR) is 151 cm³/mol. The molecular formula is C28H60O7Si. The molecule has 0 bridgehead atoms. The van der Waals surface area contributed by atoms with E-state index < -0.39 is 8.32 Å². The van der Waals surface area contributed by atoms with Crippen molar-refractivity contribution >= 4 is 8.32 Å². The van der Waals surface area contributed by atoms with Gasteiger partial charge in [0.25, 0.3) is 0 Å². The quantitative estimate of drug-likeness (QED) is 0.0766. The van der Waals surface area contributed by atoms with Crippen molar-refractivity contribution in [2.75, 3.05) is 85.9 Å². The minimum Gasteiger partial charge on any atom is -0.415 e. The van der Waals surface area contributed by atoms with E-state index in [1.165, 1.54) is 64.2 Å². The van der Waals surface area contributed by atoms with Gasteiger partial charge in [-0.05, 0) is 26.1 Å². The van der Waals surface area contributed by atoms with Crippen molar-refractivity contribution in [2.24, 2.45) is 0 Å². The second-order valence-electron chi connectivity index (χ2n) is 10.2. The van der Waals surface area contributed by atoms with Gasteiger partial charge in [0.2, 0.25) is 0 Å². The molecule has 0 N–H and O–H groups in total. The van der Waals surface area contributed by atoms with Crippen molar-refractivity contribution < 1.29 is 32.8 Å². The first kappa shape index (κ1) is 35.9. The Morgan fingerprint density at radius 1 is 0.333 bits per heavy atom. The first-order valence-corrected chi connectivity index (χ1v) is 18.1. The zero-order valence-electron chi connectivity index (χ0n) is 24.3. The predicted octanol–water partition coefficient (Wildman–Crippen LogP) is 6.25. The molecule has 0 radical (unpaired) electrons. The van der Waals surface area contributed by atoms with Crippen molar-refractivity contribution in [3.63, 3.8) is 0 Å². The minimum atomic E-state index is -1.43. The lowest BCUT2D eigenvalue weighted by Crippen LogP contribution is -2.27. The van der Waals surface area contributed by atoms with E-state index in [9.17, 15) is 0 Å². The Balaban J connectivity index is 3.03. The fraction of sp³-hybridized carbons (Fsp3) is 1.00. The first-order valence-electron chi connectivity index (χ1n) is 14.7. The largest absolute Gasteiger partial charge is 0.415 e. The molecular weight excluding hydrogens is 476 g/mol. The Kier molecular flexibility index (Phi) is 29.4. The normalized spacial score (nSPS) is 12.0. The van der Waals surface area contributed by atoms with Crippen molar-refractivity contribution in [3.05, 3.63) is 0 Å². The molecule has 0 amide bonds. The smallest absolute Gasteiger partial charge is 0.183 e. The minimum absolute atomic E-state index is 0.565. The van der Waals surface area contributed by atoms with E-state index in [4.69, 9.17) is 32.8 Å². The van der Waals surface area contributed by atoms with E-state index in [0.717, 1.165) is 13.0 Å². The Morgan fingerprint density at radius 2 is 0.611 bits per heavy atom. The second kappa shape index (κ2) is 29.5. The van der Waals surface area contributed by atoms with Gasteiger partial charge in [0, 0.05) is 6.61 Å². The van der Waals surface area contributed by atoms with Crippen molar-refractivity contribution in [2.45, 2.75) is 97.2 Å². The molecule has 36 heavy (non-hydrogen) atoms. The molecule has 0 unspecified atom stereocenters. The summed E-state index contributed by atoms with van der Waals surface area (Å²) in [6, 6.07) is 0. The van der Waals surface area contributed by atoms with Crippen LogP contribution < -0.4 is 0 Å². The highest BCUT2D eigenvalue weighted by atomic mass is 28.4. The Hall–Kier alpha value is -0.0631. The SMILES string of the molecule is CCCCCCCCCCCCCOCCOCCOCCOCCOCCOCCO[Si](C)(C)C. The van der Waals surface area contributed by atoms with Crippen LogP contribution >= 0.6 is 0 Å². The maximum atomic E-state index is 5.72. The molecule has 0 aliphatic heterocycles. The number of rotatable bonds is 31. The maximum absolute atomic E-state index is 5.72. The Labute approximate surface area is 224 Å². The summed E-state index contributed by atoms with van der Waals surface area (Å²) in [4.78, 5) is 0. The van der Waals surface area contributed by atoms with Crippen LogP contribution in [0.5, 0.6) is 0 Å². The molecule has 0 aliphatic rings. The third-order valence-corrected chi connectivity index (χ3v) is 6.59. The average Bonchev–Trinajstić information content (AvgIpc) is 2.84. The number of hydrogen-bond acceptors (Lipinski definition) is 7. The van der Waals surface area contributed by atoms with Crippen LogP contribution in [0.4, 0.5) is 0 Å². The van der Waals surface area contributed by atoms with Crippen LogP contribution in [-0.4, -0.2) is 94.2 Å². The molecule has 0 fully saturated rings. The van der Waals surface area contributed by atoms with Crippen LogP contribution in [0.15, 0.2) is 0 Å². The van der Waals surface area contributed by atoms with Gasteiger partial charge >= 0.3 is 0 Å². The van der Waals surface area contributed by atoms with Crippen molar-refractivity contribution in [1.82, 2.24) is 0 Å². The molecule has 0 aromatic rings. The Morgan fingerprint density at radius 3 is 0.944 bits per heavy atom. The molecule has 0 heterocycles. The lowest BCUT2D eigenvalue weighted by molar-refractivity contribution is -0.0180. The molecule has 0 saturated carbocycles. The van der Waals surface area contributed by atoms with Crippen LogP contribution in [0.25, 0.3) is 0 Å². The van der Waals surface area contributed by atoms with Crippen molar-refractivity contribution in [1.29, 1.82) is 0 Å². The zero-order valence-corrected chi connectivity index (χ0v) is 25.3. The lowest BCUT2D eigenvalue weighted by atomic mass is 10.1. The van der Waals surface area contributed by atoms with Gasteiger partial charge in [-0.2, -0.15) is 0 Å². The summed E-state index contributed by atoms with van der Waals surface area (Å²) < 4.78 is 38.8. The molecule has 0 aromatic carbocycles. The molecule has 0 spiro atoms. The molecule has 0 aromatic heterocycles. The summed E-state index contributed by atoms with van der Waals surface area (Å²) in [7, 11) is -1.43. The van der Waals surface area contributed by atoms with Gasteiger partial charge in [-0.3, -0.25) is 0 Å². The monoisotopic (exact) mass is 536 g/mol. The summed E-state index contributed by atoms with van der Waals surface area (Å²) >= 11 is 0. The lowest BCUT2D eigenvalue weighted by Gasteiger charge is -2.16. The Bertz CT molecular complexity index is 408. The number of hydrogen-bond donors (Lipinski definition) is 0. The van der Waals surface area contributed by atoms with Crippen LogP contribution in [0.3, 0.4) is 0 Å². The van der Waals surface area contributed by atoms with Crippen LogP contribution in [0.2, 0.25) is 19.6 Å². The topological polar surface area (TPSA) is 64.6 Å². The van der Waals surface area contributed by atoms with Crippen LogP contribution in [-0.2, 0) is 32.8 Å². The molecule has 0 aliphatic carbocycles. The summed E-state index contributed by atoms with van der Waals surface area (Å²) in [5, 5.41) is 0. The highest BCUT2D eigenvalue weighted by Gasteiger charge is 2.13. The van der Waals surface area contributed by atoms with Gasteiger partial charge in [-0.1, -0.05) is 71.1 Å². The van der Waals surface area contributed by atoms with Gasteiger partial charge in [0.1, 0.15) is 0 Å². The molecule has 0 rings (SSSR count). The standard InChI is InChI=1S/C28H60O7Si/c1-5-6-7-8-9-10-11-12-13-14-15-16-29-17-18-30-19-20-31-21-22-32-23-24-33-25-26-34-27-28-35-36(2,3)4/h5-28H2,1-4H3. The number of ether oxygens (including phenoxy) is 6. The number of unbranched alkanes of at least 4 members (excludes halogenated alkanes) is 10. The van der Waals surface area contributed by atoms with Gasteiger partial charge in [0.15, 0.2) is 8.32 Å². The fourth-order valence-electron chi connectivity index (χ4n) is 3.48. The summed E-state index contributed by atoms with van der Waals surface area (Å²) in [5.74, 6) is 0. The zero-order chi connectivity index (χ0) is 26.4. The second-order valence-corrected chi connectivity index (χ2v) is 14.7. The van der Waals surface area contributed by atoms with Crippen LogP contribution in [0.1, 0.15) is 77.6 Å². The molecule has 8 heteroatoms. The fourth-order valence-corrected chi connectivity index (χ4v) is 4.17. The molecule has 7 nitrogen and oxygen atoms in total. The molecule has 0 atom stereocenters. The molecule has 218 valence electrons. The van der Waals surface area contributed by atoms with Gasteiger partial charge in [-0.15, -0.1) is 0 Å². The highest BCUT2D eigenvalue weighted by molar-refractivity contribution is 6.69. The molecule has 0 saturated heterocycles. The van der Waals surface area contributed by atoms with Gasteiger partial charge in [-0.25, -0.2) is 0 Å². The van der Waals surface area contributed by atoms with E-state index in [0.29, 0.717) is 79.3 Å². The summed E-state index contributed by atoms with van der Waals surface area (Å²) in [6.07, 6.45) is 15.0. The van der Waals surface area contributed by atoms with E-state index >= 15 is 0 Å². The van der Waals surface area contributed by atoms with Gasteiger partial charge < -0.3 is 32.8 Å². The highest BCUT2D eigenvalue weighted by Crippen LogP contribution is 2.11. The van der Waals surface area contributed by atoms with E-state index in [1.54, 1.807) is 0 Å². The summed E-state index contributed by atoms with van der Waals surface area (Å²) in [6.45, 7) is 16.8. The van der Waals surface area contributed by atoms with Crippen molar-refractivity contribution in [3.8, 4) is 0 Å². The first-order chi connectivity index (χ1) is 17.6. The third-order valence-electron chi connectivity index (χ3n) is 5.52. The van der Waals surface area contributed by atoms with E-state index in [2.05, 4.69) is 26.6 Å². The average molecular weight is 537 g/mol. The third kappa shape index (κ3) is 33.9. The maximum Gasteiger partial charge on any atom is 0.183 e. The van der Waals surface area contributed by atoms with Crippen LogP contribution in [0, 0.1) is 0 Å². The van der Waals surface area contributed by atoms with E-state index in [-0.39, 0.29) is 0 Å². The van der Waals surface area contributed by atoms with Gasteiger partial charge in [0.05, 0.1) is 79.3 Å². The summed E-state index contributed by atoms with van der Waals surface area (Å²) in [5.41, 5.74) is 0.